The molecule has 0 aliphatic carbocycles. The first-order chi connectivity index (χ1) is 9.06. The van der Waals surface area contributed by atoms with Crippen molar-refractivity contribution in [2.24, 2.45) is 0 Å². The minimum absolute atomic E-state index is 0.657. The van der Waals surface area contributed by atoms with Crippen LogP contribution in [0.5, 0.6) is 0 Å². The van der Waals surface area contributed by atoms with Crippen molar-refractivity contribution in [2.75, 3.05) is 17.6 Å². The second-order valence-electron chi connectivity index (χ2n) is 4.50. The van der Waals surface area contributed by atoms with E-state index >= 15 is 0 Å². The van der Waals surface area contributed by atoms with Crippen molar-refractivity contribution in [3.63, 3.8) is 0 Å². The molecule has 2 nitrogen and oxygen atoms in total. The van der Waals surface area contributed by atoms with Gasteiger partial charge in [-0.25, -0.2) is 0 Å². The Balaban J connectivity index is 1.98. The van der Waals surface area contributed by atoms with Crippen molar-refractivity contribution in [2.45, 2.75) is 13.3 Å². The van der Waals surface area contributed by atoms with Crippen molar-refractivity contribution in [3.05, 3.63) is 57.6 Å². The number of nitrogens with two attached hydrogens (primary N) is 1. The molecule has 0 unspecified atom stereocenters. The minimum Gasteiger partial charge on any atom is -0.397 e. The zero-order chi connectivity index (χ0) is 13.8. The van der Waals surface area contributed by atoms with Crippen LogP contribution in [-0.2, 0) is 6.42 Å². The van der Waals surface area contributed by atoms with Crippen molar-refractivity contribution in [1.82, 2.24) is 0 Å². The van der Waals surface area contributed by atoms with Gasteiger partial charge in [0.05, 0.1) is 11.4 Å². The van der Waals surface area contributed by atoms with Crippen molar-refractivity contribution in [3.8, 4) is 0 Å². The monoisotopic (exact) mass is 294 g/mol. The third-order valence-corrected chi connectivity index (χ3v) is 3.52. The maximum Gasteiger partial charge on any atom is 0.0576 e. The molecule has 100 valence electrons. The molecule has 0 aromatic heterocycles. The Morgan fingerprint density at radius 3 is 2.63 bits per heavy atom. The maximum atomic E-state index is 6.13. The van der Waals surface area contributed by atoms with Gasteiger partial charge in [0.2, 0.25) is 0 Å². The fourth-order valence-electron chi connectivity index (χ4n) is 1.88. The van der Waals surface area contributed by atoms with E-state index in [4.69, 9.17) is 28.9 Å². The van der Waals surface area contributed by atoms with Crippen LogP contribution in [-0.4, -0.2) is 6.54 Å². The summed E-state index contributed by atoms with van der Waals surface area (Å²) in [5.74, 6) is 0. The number of hydrogen-bond acceptors (Lipinski definition) is 2. The highest BCUT2D eigenvalue weighted by molar-refractivity contribution is 6.35. The summed E-state index contributed by atoms with van der Waals surface area (Å²) >= 11 is 12.0. The average molecular weight is 295 g/mol. The number of nitrogens with one attached hydrogen (secondary N) is 1. The molecule has 0 amide bonds. The number of nitrogen functional groups attached to an aromatic ring is 1. The summed E-state index contributed by atoms with van der Waals surface area (Å²) in [6, 6.07) is 11.5. The average Bonchev–Trinajstić information content (AvgIpc) is 2.36. The Kier molecular flexibility index (Phi) is 4.56. The molecule has 0 aliphatic heterocycles. The lowest BCUT2D eigenvalue weighted by atomic mass is 10.1. The normalized spacial score (nSPS) is 10.5. The van der Waals surface area contributed by atoms with E-state index in [1.165, 1.54) is 5.56 Å². The summed E-state index contributed by atoms with van der Waals surface area (Å²) in [6.45, 7) is 2.82. The standard InChI is InChI=1S/C15H16Cl2N2/c1-10-2-5-14(18)15(8-10)19-7-6-11-3-4-12(16)9-13(11)17/h2-5,8-9,19H,6-7,18H2,1H3. The van der Waals surface area contributed by atoms with Crippen LogP contribution in [0.2, 0.25) is 10.0 Å². The number of hydrogen-bond donors (Lipinski definition) is 2. The van der Waals surface area contributed by atoms with Crippen LogP contribution < -0.4 is 11.1 Å². The Hall–Kier alpha value is -1.38. The Morgan fingerprint density at radius 1 is 1.11 bits per heavy atom. The second-order valence-corrected chi connectivity index (χ2v) is 5.35. The van der Waals surface area contributed by atoms with Crippen LogP contribution in [0.25, 0.3) is 0 Å². The summed E-state index contributed by atoms with van der Waals surface area (Å²) in [7, 11) is 0. The Bertz CT molecular complexity index is 582. The topological polar surface area (TPSA) is 38.0 Å². The lowest BCUT2D eigenvalue weighted by Crippen LogP contribution is -2.07. The Labute approximate surface area is 123 Å². The predicted octanol–water partition coefficient (Wildman–Crippen LogP) is 4.54. The Morgan fingerprint density at radius 2 is 1.89 bits per heavy atom. The first kappa shape index (κ1) is 14.0. The number of rotatable bonds is 4. The summed E-state index contributed by atoms with van der Waals surface area (Å²) < 4.78 is 0. The van der Waals surface area contributed by atoms with Crippen LogP contribution in [0.3, 0.4) is 0 Å². The fourth-order valence-corrected chi connectivity index (χ4v) is 2.38. The third kappa shape index (κ3) is 3.79. The second kappa shape index (κ2) is 6.18. The lowest BCUT2D eigenvalue weighted by Gasteiger charge is -2.11. The number of anilines is 2. The first-order valence-corrected chi connectivity index (χ1v) is 6.86. The van der Waals surface area contributed by atoms with Gasteiger partial charge in [0.15, 0.2) is 0 Å². The summed E-state index contributed by atoms with van der Waals surface area (Å²) in [5.41, 5.74) is 9.89. The smallest absolute Gasteiger partial charge is 0.0576 e. The number of benzene rings is 2. The van der Waals surface area contributed by atoms with E-state index in [2.05, 4.69) is 5.32 Å². The van der Waals surface area contributed by atoms with Gasteiger partial charge in [0, 0.05) is 16.6 Å². The quantitative estimate of drug-likeness (QED) is 0.813. The molecular weight excluding hydrogens is 279 g/mol. The zero-order valence-corrected chi connectivity index (χ0v) is 12.2. The molecule has 0 saturated carbocycles. The molecule has 0 heterocycles. The summed E-state index contributed by atoms with van der Waals surface area (Å²) in [6.07, 6.45) is 0.823. The largest absolute Gasteiger partial charge is 0.397 e. The molecule has 2 aromatic rings. The SMILES string of the molecule is Cc1ccc(N)c(NCCc2ccc(Cl)cc2Cl)c1. The van der Waals surface area contributed by atoms with E-state index in [1.54, 1.807) is 6.07 Å². The van der Waals surface area contributed by atoms with E-state index in [-0.39, 0.29) is 0 Å². The first-order valence-electron chi connectivity index (χ1n) is 6.10. The maximum absolute atomic E-state index is 6.13. The van der Waals surface area contributed by atoms with E-state index in [1.807, 2.05) is 37.3 Å². The van der Waals surface area contributed by atoms with Crippen LogP contribution in [0.4, 0.5) is 11.4 Å². The fraction of sp³-hybridized carbons (Fsp3) is 0.200. The lowest BCUT2D eigenvalue weighted by molar-refractivity contribution is 1.02. The molecule has 0 aliphatic rings. The molecule has 0 atom stereocenters. The van der Waals surface area contributed by atoms with Gasteiger partial charge in [0.1, 0.15) is 0 Å². The van der Waals surface area contributed by atoms with Crippen molar-refractivity contribution in [1.29, 1.82) is 0 Å². The van der Waals surface area contributed by atoms with Gasteiger partial charge >= 0.3 is 0 Å². The highest BCUT2D eigenvalue weighted by atomic mass is 35.5. The predicted molar refractivity (Wildman–Crippen MR) is 84.2 cm³/mol. The molecule has 2 rings (SSSR count). The van der Waals surface area contributed by atoms with Gasteiger partial charge in [-0.05, 0) is 48.7 Å². The third-order valence-electron chi connectivity index (χ3n) is 2.93. The van der Waals surface area contributed by atoms with Gasteiger partial charge in [-0.1, -0.05) is 35.3 Å². The van der Waals surface area contributed by atoms with Gasteiger partial charge < -0.3 is 11.1 Å². The van der Waals surface area contributed by atoms with Crippen LogP contribution >= 0.6 is 23.2 Å². The number of halogens is 2. The molecule has 3 N–H and O–H groups in total. The zero-order valence-electron chi connectivity index (χ0n) is 10.7. The minimum atomic E-state index is 0.657. The van der Waals surface area contributed by atoms with Crippen molar-refractivity contribution >= 4 is 34.6 Å². The number of aryl methyl sites for hydroxylation is 1. The molecule has 0 radical (unpaired) electrons. The van der Waals surface area contributed by atoms with Crippen LogP contribution in [0.1, 0.15) is 11.1 Å². The van der Waals surface area contributed by atoms with Crippen LogP contribution in [0, 0.1) is 6.92 Å². The van der Waals surface area contributed by atoms with Gasteiger partial charge in [-0.3, -0.25) is 0 Å². The van der Waals surface area contributed by atoms with E-state index in [0.717, 1.165) is 29.9 Å². The molecule has 0 fully saturated rings. The van der Waals surface area contributed by atoms with Crippen molar-refractivity contribution < 1.29 is 0 Å². The molecule has 0 spiro atoms. The van der Waals surface area contributed by atoms with Gasteiger partial charge in [0.25, 0.3) is 0 Å². The molecule has 19 heavy (non-hydrogen) atoms. The van der Waals surface area contributed by atoms with E-state index < -0.39 is 0 Å². The van der Waals surface area contributed by atoms with Gasteiger partial charge in [-0.15, -0.1) is 0 Å². The highest BCUT2D eigenvalue weighted by Gasteiger charge is 2.02. The highest BCUT2D eigenvalue weighted by Crippen LogP contribution is 2.22. The molecule has 0 bridgehead atoms. The summed E-state index contributed by atoms with van der Waals surface area (Å²) in [4.78, 5) is 0. The van der Waals surface area contributed by atoms with Crippen LogP contribution in [0.15, 0.2) is 36.4 Å². The van der Waals surface area contributed by atoms with E-state index in [0.29, 0.717) is 10.0 Å². The van der Waals surface area contributed by atoms with Gasteiger partial charge in [-0.2, -0.15) is 0 Å². The molecule has 2 aromatic carbocycles. The van der Waals surface area contributed by atoms with E-state index in [9.17, 15) is 0 Å². The molecule has 0 saturated heterocycles. The molecule has 4 heteroatoms. The molecular formula is C15H16Cl2N2. The summed E-state index contributed by atoms with van der Waals surface area (Å²) in [5, 5.41) is 4.68.